The summed E-state index contributed by atoms with van der Waals surface area (Å²) in [6.07, 6.45) is 0. The number of rotatable bonds is 4. The Labute approximate surface area is 112 Å². The molecule has 0 spiro atoms. The zero-order chi connectivity index (χ0) is 14.0. The van der Waals surface area contributed by atoms with Crippen molar-refractivity contribution in [3.05, 3.63) is 29.3 Å². The molecule has 1 aliphatic rings. The minimum Gasteiger partial charge on any atom is -0.496 e. The highest BCUT2D eigenvalue weighted by atomic mass is 16.5. The number of hydrogen-bond donors (Lipinski definition) is 1. The van der Waals surface area contributed by atoms with Crippen LogP contribution in [0.15, 0.2) is 18.2 Å². The summed E-state index contributed by atoms with van der Waals surface area (Å²) in [6.45, 7) is 2.54. The third-order valence-corrected chi connectivity index (χ3v) is 3.68. The Bertz CT molecular complexity index is 482. The maximum absolute atomic E-state index is 11.9. The first-order valence-electron chi connectivity index (χ1n) is 6.11. The van der Waals surface area contributed by atoms with E-state index in [-0.39, 0.29) is 5.97 Å². The van der Waals surface area contributed by atoms with Crippen LogP contribution in [0.5, 0.6) is 5.75 Å². The summed E-state index contributed by atoms with van der Waals surface area (Å²) in [7, 11) is 2.99. The summed E-state index contributed by atoms with van der Waals surface area (Å²) < 4.78 is 15.2. The van der Waals surface area contributed by atoms with Gasteiger partial charge < -0.3 is 19.9 Å². The number of carbonyl (C=O) groups excluding carboxylic acids is 1. The van der Waals surface area contributed by atoms with E-state index in [1.54, 1.807) is 7.11 Å². The van der Waals surface area contributed by atoms with E-state index in [4.69, 9.17) is 19.9 Å². The van der Waals surface area contributed by atoms with Crippen molar-refractivity contribution in [2.45, 2.75) is 13.0 Å². The number of benzene rings is 1. The van der Waals surface area contributed by atoms with E-state index in [9.17, 15) is 4.79 Å². The Hall–Kier alpha value is -1.59. The smallest absolute Gasteiger partial charge is 0.318 e. The van der Waals surface area contributed by atoms with Crippen molar-refractivity contribution in [1.29, 1.82) is 0 Å². The largest absolute Gasteiger partial charge is 0.496 e. The maximum atomic E-state index is 11.9. The minimum atomic E-state index is -0.768. The molecule has 1 fully saturated rings. The van der Waals surface area contributed by atoms with Crippen LogP contribution in [0.4, 0.5) is 0 Å². The number of hydrogen-bond acceptors (Lipinski definition) is 5. The molecule has 1 heterocycles. The van der Waals surface area contributed by atoms with E-state index in [0.29, 0.717) is 13.2 Å². The summed E-state index contributed by atoms with van der Waals surface area (Å²) in [4.78, 5) is 11.9. The number of ether oxygens (including phenoxy) is 3. The van der Waals surface area contributed by atoms with Gasteiger partial charge in [-0.15, -0.1) is 0 Å². The van der Waals surface area contributed by atoms with E-state index in [1.807, 2.05) is 25.1 Å². The van der Waals surface area contributed by atoms with Gasteiger partial charge in [0.15, 0.2) is 0 Å². The molecule has 5 nitrogen and oxygen atoms in total. The monoisotopic (exact) mass is 265 g/mol. The molecule has 1 atom stereocenters. The van der Waals surface area contributed by atoms with E-state index >= 15 is 0 Å². The summed E-state index contributed by atoms with van der Waals surface area (Å²) in [5.74, 6) is 0.479. The highest BCUT2D eigenvalue weighted by molar-refractivity contribution is 5.79. The number of carbonyl (C=O) groups is 1. The Morgan fingerprint density at radius 2 is 2.11 bits per heavy atom. The van der Waals surface area contributed by atoms with Gasteiger partial charge in [-0.05, 0) is 24.1 Å². The maximum Gasteiger partial charge on any atom is 0.318 e. The lowest BCUT2D eigenvalue weighted by Crippen LogP contribution is -2.56. The van der Waals surface area contributed by atoms with Crippen LogP contribution in [-0.4, -0.2) is 33.4 Å². The third kappa shape index (κ3) is 2.19. The molecule has 104 valence electrons. The highest BCUT2D eigenvalue weighted by Crippen LogP contribution is 2.40. The van der Waals surface area contributed by atoms with Gasteiger partial charge in [0.2, 0.25) is 0 Å². The van der Waals surface area contributed by atoms with Gasteiger partial charge in [-0.2, -0.15) is 0 Å². The topological polar surface area (TPSA) is 70.8 Å². The quantitative estimate of drug-likeness (QED) is 0.828. The van der Waals surface area contributed by atoms with Crippen LogP contribution in [0.25, 0.3) is 0 Å². The zero-order valence-electron chi connectivity index (χ0n) is 11.4. The van der Waals surface area contributed by atoms with Crippen LogP contribution in [0, 0.1) is 12.3 Å². The van der Waals surface area contributed by atoms with Crippen LogP contribution in [-0.2, 0) is 14.3 Å². The molecule has 2 rings (SSSR count). The van der Waals surface area contributed by atoms with Gasteiger partial charge >= 0.3 is 5.97 Å². The van der Waals surface area contributed by atoms with Crippen molar-refractivity contribution >= 4 is 5.97 Å². The molecule has 2 N–H and O–H groups in total. The van der Waals surface area contributed by atoms with Crippen LogP contribution >= 0.6 is 0 Å². The third-order valence-electron chi connectivity index (χ3n) is 3.68. The Balaban J connectivity index is 2.30. The zero-order valence-corrected chi connectivity index (χ0v) is 11.4. The van der Waals surface area contributed by atoms with Gasteiger partial charge in [0.05, 0.1) is 33.5 Å². The van der Waals surface area contributed by atoms with Crippen molar-refractivity contribution < 1.29 is 19.0 Å². The molecule has 0 saturated carbocycles. The van der Waals surface area contributed by atoms with Gasteiger partial charge in [0, 0.05) is 0 Å². The lowest BCUT2D eigenvalue weighted by molar-refractivity contribution is -0.188. The van der Waals surface area contributed by atoms with Crippen LogP contribution in [0.2, 0.25) is 0 Å². The van der Waals surface area contributed by atoms with Gasteiger partial charge in [-0.3, -0.25) is 4.79 Å². The second-order valence-electron chi connectivity index (χ2n) is 4.85. The fourth-order valence-corrected chi connectivity index (χ4v) is 2.36. The molecule has 0 aliphatic carbocycles. The summed E-state index contributed by atoms with van der Waals surface area (Å²) in [5.41, 5.74) is 7.35. The average Bonchev–Trinajstić information content (AvgIpc) is 2.36. The molecule has 19 heavy (non-hydrogen) atoms. The fraction of sp³-hybridized carbons (Fsp3) is 0.500. The van der Waals surface area contributed by atoms with Gasteiger partial charge in [0.1, 0.15) is 11.2 Å². The molecule has 0 aromatic heterocycles. The molecule has 1 unspecified atom stereocenters. The van der Waals surface area contributed by atoms with Crippen LogP contribution in [0.3, 0.4) is 0 Å². The predicted molar refractivity (Wildman–Crippen MR) is 69.9 cm³/mol. The standard InChI is InChI=1S/C14H19NO4/c1-9-6-10(4-5-11(9)17-2)12(15)14(7-19-8-14)13(16)18-3/h4-6,12H,7-8,15H2,1-3H3. The molecule has 1 saturated heterocycles. The van der Waals surface area contributed by atoms with Crippen LogP contribution in [0.1, 0.15) is 17.2 Å². The number of methoxy groups -OCH3 is 2. The van der Waals surface area contributed by atoms with Gasteiger partial charge in [-0.1, -0.05) is 12.1 Å². The molecule has 1 aromatic carbocycles. The van der Waals surface area contributed by atoms with Crippen LogP contribution < -0.4 is 10.5 Å². The van der Waals surface area contributed by atoms with Gasteiger partial charge in [-0.25, -0.2) is 0 Å². The van der Waals surface area contributed by atoms with Crippen molar-refractivity contribution in [3.63, 3.8) is 0 Å². The fourth-order valence-electron chi connectivity index (χ4n) is 2.36. The molecule has 1 aliphatic heterocycles. The lowest BCUT2D eigenvalue weighted by Gasteiger charge is -2.42. The van der Waals surface area contributed by atoms with Crippen molar-refractivity contribution in [3.8, 4) is 5.75 Å². The normalized spacial score (nSPS) is 18.3. The number of nitrogens with two attached hydrogens (primary N) is 1. The molecular formula is C14H19NO4. The first-order valence-corrected chi connectivity index (χ1v) is 6.11. The molecule has 5 heteroatoms. The Morgan fingerprint density at radius 1 is 1.42 bits per heavy atom. The van der Waals surface area contributed by atoms with E-state index in [2.05, 4.69) is 0 Å². The van der Waals surface area contributed by atoms with Crippen molar-refractivity contribution in [1.82, 2.24) is 0 Å². The SMILES string of the molecule is COC(=O)C1(C(N)c2ccc(OC)c(C)c2)COC1. The highest BCUT2D eigenvalue weighted by Gasteiger charge is 2.52. The van der Waals surface area contributed by atoms with Crippen molar-refractivity contribution in [2.75, 3.05) is 27.4 Å². The molecule has 1 aromatic rings. The molecule has 0 radical (unpaired) electrons. The van der Waals surface area contributed by atoms with Gasteiger partial charge in [0.25, 0.3) is 0 Å². The first kappa shape index (κ1) is 13.8. The second kappa shape index (κ2) is 5.19. The first-order chi connectivity index (χ1) is 9.05. The molecule has 0 amide bonds. The van der Waals surface area contributed by atoms with E-state index in [1.165, 1.54) is 7.11 Å². The number of esters is 1. The summed E-state index contributed by atoms with van der Waals surface area (Å²) in [5, 5.41) is 0. The number of aryl methyl sites for hydroxylation is 1. The predicted octanol–water partition coefficient (Wildman–Crippen LogP) is 1.19. The Kier molecular flexibility index (Phi) is 3.78. The minimum absolute atomic E-state index is 0.298. The summed E-state index contributed by atoms with van der Waals surface area (Å²) >= 11 is 0. The average molecular weight is 265 g/mol. The van der Waals surface area contributed by atoms with E-state index < -0.39 is 11.5 Å². The van der Waals surface area contributed by atoms with E-state index in [0.717, 1.165) is 16.9 Å². The van der Waals surface area contributed by atoms with Crippen molar-refractivity contribution in [2.24, 2.45) is 11.1 Å². The summed E-state index contributed by atoms with van der Waals surface area (Å²) in [6, 6.07) is 5.22. The molecule has 0 bridgehead atoms. The second-order valence-corrected chi connectivity index (χ2v) is 4.85. The Morgan fingerprint density at radius 3 is 2.53 bits per heavy atom. The lowest BCUT2D eigenvalue weighted by atomic mass is 9.75. The molecular weight excluding hydrogens is 246 g/mol.